The molecule has 0 unspecified atom stereocenters. The van der Waals surface area contributed by atoms with Crippen LogP contribution in [-0.4, -0.2) is 107 Å². The van der Waals surface area contributed by atoms with Crippen molar-refractivity contribution in [1.82, 2.24) is 35.0 Å². The number of hydrogen-bond acceptors (Lipinski definition) is 8. The molecule has 2 aromatic heterocycles. The van der Waals surface area contributed by atoms with Gasteiger partial charge in [0, 0.05) is 86.6 Å². The number of nitrogens with zero attached hydrogens (tertiary/aromatic N) is 6. The number of amides is 3. The van der Waals surface area contributed by atoms with E-state index >= 15 is 0 Å². The van der Waals surface area contributed by atoms with Crippen LogP contribution < -0.4 is 15.5 Å². The van der Waals surface area contributed by atoms with Gasteiger partial charge < -0.3 is 29.9 Å². The average Bonchev–Trinajstić information content (AvgIpc) is 3.81. The first-order valence-electron chi connectivity index (χ1n) is 19.2. The van der Waals surface area contributed by atoms with Gasteiger partial charge in [-0.15, -0.1) is 0 Å². The molecule has 1 atom stereocenters. The highest BCUT2D eigenvalue weighted by Gasteiger charge is 2.28. The molecule has 4 fully saturated rings. The van der Waals surface area contributed by atoms with Crippen LogP contribution in [0, 0.1) is 11.8 Å². The normalized spacial score (nSPS) is 21.3. The van der Waals surface area contributed by atoms with Crippen molar-refractivity contribution in [3.05, 3.63) is 71.5 Å². The number of aromatic nitrogens is 3. The second-order valence-electron chi connectivity index (χ2n) is 15.2. The number of aromatic amines is 1. The fourth-order valence-corrected chi connectivity index (χ4v) is 8.77. The molecule has 8 rings (SSSR count). The minimum atomic E-state index is -0.292. The van der Waals surface area contributed by atoms with Crippen LogP contribution in [0.4, 0.5) is 16.4 Å². The molecule has 0 radical (unpaired) electrons. The standard InChI is InChI=1S/C40H50ClN9O2/c41-35-24-43-39(46-38(35)34-23-42-36-4-2-1-3-33(34)36)44-31-14-19-48(27-31)18-11-28-9-16-47(17-10-28)25-30-12-20-49(21-13-30)32-7-5-29(6-8-32)26-50-22-15-37(51)45-40(50)52/h1-8,23-24,28,30-31,42H,9-22,25-27H2,(H,43,44,46)(H,45,51,52)/t31-/m1/s1. The minimum absolute atomic E-state index is 0.189. The molecular formula is C40H50ClN9O2. The van der Waals surface area contributed by atoms with E-state index in [-0.39, 0.29) is 11.9 Å². The number of hydrogen-bond donors (Lipinski definition) is 3. The van der Waals surface area contributed by atoms with Crippen LogP contribution in [0.5, 0.6) is 0 Å². The summed E-state index contributed by atoms with van der Waals surface area (Å²) in [6.45, 7) is 10.2. The maximum Gasteiger partial charge on any atom is 0.324 e. The van der Waals surface area contributed by atoms with Gasteiger partial charge in [0.1, 0.15) is 0 Å². The molecule has 0 spiro atoms. The van der Waals surface area contributed by atoms with Crippen molar-refractivity contribution in [2.75, 3.05) is 69.1 Å². The molecule has 0 aliphatic carbocycles. The van der Waals surface area contributed by atoms with Crippen LogP contribution in [-0.2, 0) is 11.3 Å². The number of nitrogens with one attached hydrogen (secondary N) is 3. The van der Waals surface area contributed by atoms with Gasteiger partial charge in [0.15, 0.2) is 0 Å². The molecule has 274 valence electrons. The Morgan fingerprint density at radius 2 is 1.63 bits per heavy atom. The van der Waals surface area contributed by atoms with Crippen LogP contribution in [0.15, 0.2) is 60.9 Å². The van der Waals surface area contributed by atoms with Crippen molar-refractivity contribution in [2.24, 2.45) is 11.8 Å². The summed E-state index contributed by atoms with van der Waals surface area (Å²) in [5.74, 6) is 2.04. The molecule has 4 aromatic rings. The van der Waals surface area contributed by atoms with Gasteiger partial charge in [-0.1, -0.05) is 41.9 Å². The molecule has 12 heteroatoms. The molecule has 3 N–H and O–H groups in total. The van der Waals surface area contributed by atoms with Crippen molar-refractivity contribution in [2.45, 2.75) is 57.5 Å². The number of urea groups is 1. The first-order valence-corrected chi connectivity index (χ1v) is 19.5. The molecule has 6 heterocycles. The monoisotopic (exact) mass is 723 g/mol. The predicted molar refractivity (Wildman–Crippen MR) is 207 cm³/mol. The van der Waals surface area contributed by atoms with E-state index < -0.39 is 0 Å². The smallest absolute Gasteiger partial charge is 0.324 e. The number of halogens is 1. The Balaban J connectivity index is 0.726. The fourth-order valence-electron chi connectivity index (χ4n) is 8.57. The highest BCUT2D eigenvalue weighted by atomic mass is 35.5. The highest BCUT2D eigenvalue weighted by molar-refractivity contribution is 6.33. The number of likely N-dealkylation sites (tertiary alicyclic amines) is 2. The number of imide groups is 1. The topological polar surface area (TPSA) is 113 Å². The van der Waals surface area contributed by atoms with Gasteiger partial charge in [-0.05, 0) is 93.8 Å². The van der Waals surface area contributed by atoms with E-state index in [1.165, 1.54) is 64.0 Å². The number of carbonyl (C=O) groups excluding carboxylic acids is 2. The second-order valence-corrected chi connectivity index (χ2v) is 15.6. The summed E-state index contributed by atoms with van der Waals surface area (Å²) < 4.78 is 0. The van der Waals surface area contributed by atoms with Crippen molar-refractivity contribution >= 4 is 46.1 Å². The average molecular weight is 724 g/mol. The highest BCUT2D eigenvalue weighted by Crippen LogP contribution is 2.33. The Labute approximate surface area is 311 Å². The Morgan fingerprint density at radius 1 is 0.865 bits per heavy atom. The van der Waals surface area contributed by atoms with Gasteiger partial charge in [-0.3, -0.25) is 10.1 Å². The molecule has 11 nitrogen and oxygen atoms in total. The molecular weight excluding hydrogens is 674 g/mol. The maximum absolute atomic E-state index is 12.1. The molecule has 4 aliphatic heterocycles. The van der Waals surface area contributed by atoms with E-state index in [4.69, 9.17) is 16.6 Å². The second kappa shape index (κ2) is 15.8. The molecule has 2 aromatic carbocycles. The van der Waals surface area contributed by atoms with Crippen molar-refractivity contribution in [3.63, 3.8) is 0 Å². The quantitative estimate of drug-likeness (QED) is 0.167. The maximum atomic E-state index is 12.1. The van der Waals surface area contributed by atoms with E-state index in [1.807, 2.05) is 18.3 Å². The van der Waals surface area contributed by atoms with Crippen LogP contribution in [0.3, 0.4) is 0 Å². The third-order valence-corrected chi connectivity index (χ3v) is 12.0. The van der Waals surface area contributed by atoms with Crippen molar-refractivity contribution in [1.29, 1.82) is 0 Å². The van der Waals surface area contributed by atoms with Gasteiger partial charge in [0.2, 0.25) is 11.9 Å². The van der Waals surface area contributed by atoms with Gasteiger partial charge >= 0.3 is 6.03 Å². The number of rotatable bonds is 11. The largest absolute Gasteiger partial charge is 0.372 e. The molecule has 0 bridgehead atoms. The lowest BCUT2D eigenvalue weighted by atomic mass is 9.91. The first kappa shape index (κ1) is 34.9. The van der Waals surface area contributed by atoms with Crippen LogP contribution in [0.25, 0.3) is 22.2 Å². The van der Waals surface area contributed by atoms with Crippen molar-refractivity contribution in [3.8, 4) is 11.3 Å². The summed E-state index contributed by atoms with van der Waals surface area (Å²) in [5, 5.41) is 7.67. The summed E-state index contributed by atoms with van der Waals surface area (Å²) in [7, 11) is 0. The van der Waals surface area contributed by atoms with Gasteiger partial charge in [0.05, 0.1) is 16.9 Å². The summed E-state index contributed by atoms with van der Waals surface area (Å²) in [6, 6.07) is 16.9. The molecule has 3 amide bonds. The molecule has 52 heavy (non-hydrogen) atoms. The number of fused-ring (bicyclic) bond motifs is 1. The zero-order valence-electron chi connectivity index (χ0n) is 29.9. The lowest BCUT2D eigenvalue weighted by Crippen LogP contribution is -2.48. The zero-order valence-corrected chi connectivity index (χ0v) is 30.7. The van der Waals surface area contributed by atoms with E-state index in [1.54, 1.807) is 11.1 Å². The molecule has 0 saturated carbocycles. The number of benzene rings is 2. The third-order valence-electron chi connectivity index (χ3n) is 11.7. The lowest BCUT2D eigenvalue weighted by Gasteiger charge is -2.38. The number of H-pyrrole nitrogens is 1. The first-order chi connectivity index (χ1) is 25.4. The van der Waals surface area contributed by atoms with Crippen LogP contribution >= 0.6 is 11.6 Å². The van der Waals surface area contributed by atoms with Gasteiger partial charge in [-0.25, -0.2) is 14.8 Å². The summed E-state index contributed by atoms with van der Waals surface area (Å²) in [5.41, 5.74) is 5.18. The van der Waals surface area contributed by atoms with Crippen LogP contribution in [0.2, 0.25) is 5.02 Å². The SMILES string of the molecule is O=C1CCN(Cc2ccc(N3CCC(CN4CCC(CCN5CC[C@@H](Nc6ncc(Cl)c(-c7c[nH]c8ccccc78)n6)C5)CC4)CC3)cc2)C(=O)N1. The Morgan fingerprint density at radius 3 is 2.44 bits per heavy atom. The van der Waals surface area contributed by atoms with Gasteiger partial charge in [-0.2, -0.15) is 0 Å². The number of para-hydroxylation sites is 1. The number of anilines is 2. The van der Waals surface area contributed by atoms with Gasteiger partial charge in [0.25, 0.3) is 0 Å². The Bertz CT molecular complexity index is 1850. The molecule has 4 aliphatic rings. The number of carbonyl (C=O) groups is 2. The summed E-state index contributed by atoms with van der Waals surface area (Å²) >= 11 is 6.56. The molecule has 4 saturated heterocycles. The minimum Gasteiger partial charge on any atom is -0.372 e. The Kier molecular flexibility index (Phi) is 10.6. The fraction of sp³-hybridized carbons (Fsp3) is 0.500. The predicted octanol–water partition coefficient (Wildman–Crippen LogP) is 6.23. The third kappa shape index (κ3) is 8.22. The van der Waals surface area contributed by atoms with Crippen LogP contribution in [0.1, 0.15) is 50.5 Å². The van der Waals surface area contributed by atoms with Crippen molar-refractivity contribution < 1.29 is 9.59 Å². The van der Waals surface area contributed by atoms with E-state index in [2.05, 4.69) is 71.7 Å². The van der Waals surface area contributed by atoms with E-state index in [0.717, 1.165) is 72.2 Å². The lowest BCUT2D eigenvalue weighted by molar-refractivity contribution is -0.121. The van der Waals surface area contributed by atoms with E-state index in [9.17, 15) is 9.59 Å². The summed E-state index contributed by atoms with van der Waals surface area (Å²) in [4.78, 5) is 45.7. The number of piperidine rings is 2. The van der Waals surface area contributed by atoms with E-state index in [0.29, 0.717) is 36.5 Å². The Hall–Kier alpha value is -4.19. The zero-order chi connectivity index (χ0) is 35.4. The summed E-state index contributed by atoms with van der Waals surface area (Å²) in [6.07, 6.45) is 11.5.